The largest absolute Gasteiger partial charge is 0.392 e. The van der Waals surface area contributed by atoms with E-state index in [0.29, 0.717) is 12.5 Å². The Balaban J connectivity index is 2.31. The number of hydrogen-bond acceptors (Lipinski definition) is 2. The first kappa shape index (κ1) is 13.2. The Hall–Kier alpha value is -0.860. The standard InChI is InChI=1S/C14H23NO/c1-3-9-15-11-14(16)10-12(2)13-7-5-4-6-8-13/h4-8,12,14-16H,3,9-11H2,1-2H3. The lowest BCUT2D eigenvalue weighted by atomic mass is 9.95. The van der Waals surface area contributed by atoms with E-state index in [2.05, 4.69) is 31.3 Å². The van der Waals surface area contributed by atoms with Crippen molar-refractivity contribution in [3.05, 3.63) is 35.9 Å². The molecule has 0 saturated carbocycles. The van der Waals surface area contributed by atoms with Crippen LogP contribution >= 0.6 is 0 Å². The maximum Gasteiger partial charge on any atom is 0.0670 e. The van der Waals surface area contributed by atoms with Gasteiger partial charge in [0.15, 0.2) is 0 Å². The van der Waals surface area contributed by atoms with E-state index in [4.69, 9.17) is 0 Å². The van der Waals surface area contributed by atoms with Gasteiger partial charge in [-0.25, -0.2) is 0 Å². The molecule has 2 heteroatoms. The number of benzene rings is 1. The Morgan fingerprint density at radius 3 is 2.56 bits per heavy atom. The molecule has 0 saturated heterocycles. The topological polar surface area (TPSA) is 32.3 Å². The van der Waals surface area contributed by atoms with Crippen LogP contribution < -0.4 is 5.32 Å². The molecule has 0 aliphatic carbocycles. The van der Waals surface area contributed by atoms with Crippen LogP contribution in [0.5, 0.6) is 0 Å². The highest BCUT2D eigenvalue weighted by atomic mass is 16.3. The predicted molar refractivity (Wildman–Crippen MR) is 68.6 cm³/mol. The molecule has 0 aromatic heterocycles. The summed E-state index contributed by atoms with van der Waals surface area (Å²) in [5.41, 5.74) is 1.30. The second kappa shape index (κ2) is 7.42. The molecular weight excluding hydrogens is 198 g/mol. The van der Waals surface area contributed by atoms with Gasteiger partial charge in [0.2, 0.25) is 0 Å². The minimum atomic E-state index is -0.248. The van der Waals surface area contributed by atoms with E-state index in [1.807, 2.05) is 18.2 Å². The molecule has 2 nitrogen and oxygen atoms in total. The summed E-state index contributed by atoms with van der Waals surface area (Å²) in [4.78, 5) is 0. The van der Waals surface area contributed by atoms with Gasteiger partial charge in [0, 0.05) is 6.54 Å². The average molecular weight is 221 g/mol. The maximum absolute atomic E-state index is 9.85. The van der Waals surface area contributed by atoms with Crippen LogP contribution in [0.2, 0.25) is 0 Å². The van der Waals surface area contributed by atoms with E-state index in [9.17, 15) is 5.11 Å². The van der Waals surface area contributed by atoms with E-state index >= 15 is 0 Å². The molecule has 90 valence electrons. The molecule has 0 fully saturated rings. The third-order valence-corrected chi connectivity index (χ3v) is 2.80. The molecule has 0 heterocycles. The first-order valence-electron chi connectivity index (χ1n) is 6.17. The third-order valence-electron chi connectivity index (χ3n) is 2.80. The summed E-state index contributed by atoms with van der Waals surface area (Å²) in [6.45, 7) is 5.98. The van der Waals surface area contributed by atoms with Gasteiger partial charge in [-0.1, -0.05) is 44.2 Å². The smallest absolute Gasteiger partial charge is 0.0670 e. The van der Waals surface area contributed by atoms with Crippen molar-refractivity contribution in [1.29, 1.82) is 0 Å². The Kier molecular flexibility index (Phi) is 6.12. The summed E-state index contributed by atoms with van der Waals surface area (Å²) in [5, 5.41) is 13.1. The van der Waals surface area contributed by atoms with Gasteiger partial charge in [0.05, 0.1) is 6.10 Å². The van der Waals surface area contributed by atoms with Gasteiger partial charge in [0.25, 0.3) is 0 Å². The lowest BCUT2D eigenvalue weighted by Gasteiger charge is -2.17. The second-order valence-corrected chi connectivity index (χ2v) is 4.41. The Morgan fingerprint density at radius 2 is 1.94 bits per heavy atom. The highest BCUT2D eigenvalue weighted by Gasteiger charge is 2.11. The van der Waals surface area contributed by atoms with Crippen molar-refractivity contribution in [3.8, 4) is 0 Å². The first-order valence-corrected chi connectivity index (χ1v) is 6.17. The van der Waals surface area contributed by atoms with Gasteiger partial charge in [0.1, 0.15) is 0 Å². The van der Waals surface area contributed by atoms with Crippen molar-refractivity contribution in [2.75, 3.05) is 13.1 Å². The minimum Gasteiger partial charge on any atom is -0.392 e. The maximum atomic E-state index is 9.85. The SMILES string of the molecule is CCCNCC(O)CC(C)c1ccccc1. The fourth-order valence-electron chi connectivity index (χ4n) is 1.85. The summed E-state index contributed by atoms with van der Waals surface area (Å²) in [7, 11) is 0. The fourth-order valence-corrected chi connectivity index (χ4v) is 1.85. The van der Waals surface area contributed by atoms with Gasteiger partial charge >= 0.3 is 0 Å². The molecule has 1 rings (SSSR count). The molecule has 0 amide bonds. The van der Waals surface area contributed by atoms with E-state index in [1.165, 1.54) is 5.56 Å². The summed E-state index contributed by atoms with van der Waals surface area (Å²) in [6.07, 6.45) is 1.68. The first-order chi connectivity index (χ1) is 7.74. The Morgan fingerprint density at radius 1 is 1.25 bits per heavy atom. The Labute approximate surface area is 98.7 Å². The van der Waals surface area contributed by atoms with Crippen molar-refractivity contribution in [2.24, 2.45) is 0 Å². The van der Waals surface area contributed by atoms with E-state index in [-0.39, 0.29) is 6.10 Å². The van der Waals surface area contributed by atoms with Gasteiger partial charge in [-0.15, -0.1) is 0 Å². The van der Waals surface area contributed by atoms with Crippen LogP contribution in [0.4, 0.5) is 0 Å². The third kappa shape index (κ3) is 4.77. The van der Waals surface area contributed by atoms with Crippen LogP contribution in [0.1, 0.15) is 38.2 Å². The molecule has 2 N–H and O–H groups in total. The molecule has 0 aliphatic heterocycles. The summed E-state index contributed by atoms with van der Waals surface area (Å²) >= 11 is 0. The predicted octanol–water partition coefficient (Wildman–Crippen LogP) is 2.54. The van der Waals surface area contributed by atoms with Crippen LogP contribution in [0, 0.1) is 0 Å². The van der Waals surface area contributed by atoms with Crippen LogP contribution in [0.3, 0.4) is 0 Å². The molecule has 0 spiro atoms. The molecule has 0 radical (unpaired) electrons. The van der Waals surface area contributed by atoms with Crippen LogP contribution in [0.15, 0.2) is 30.3 Å². The number of rotatable bonds is 7. The quantitative estimate of drug-likeness (QED) is 0.693. The summed E-state index contributed by atoms with van der Waals surface area (Å²) in [6, 6.07) is 10.4. The normalized spacial score (nSPS) is 14.7. The van der Waals surface area contributed by atoms with E-state index in [1.54, 1.807) is 0 Å². The zero-order chi connectivity index (χ0) is 11.8. The van der Waals surface area contributed by atoms with Crippen molar-refractivity contribution >= 4 is 0 Å². The molecule has 2 atom stereocenters. The van der Waals surface area contributed by atoms with E-state index in [0.717, 1.165) is 19.4 Å². The van der Waals surface area contributed by atoms with Gasteiger partial charge < -0.3 is 10.4 Å². The van der Waals surface area contributed by atoms with Crippen molar-refractivity contribution in [2.45, 2.75) is 38.7 Å². The second-order valence-electron chi connectivity index (χ2n) is 4.41. The zero-order valence-electron chi connectivity index (χ0n) is 10.3. The Bertz CT molecular complexity index is 273. The molecule has 16 heavy (non-hydrogen) atoms. The zero-order valence-corrected chi connectivity index (χ0v) is 10.3. The lowest BCUT2D eigenvalue weighted by molar-refractivity contribution is 0.154. The van der Waals surface area contributed by atoms with Crippen LogP contribution in [-0.2, 0) is 0 Å². The minimum absolute atomic E-state index is 0.248. The summed E-state index contributed by atoms with van der Waals surface area (Å²) < 4.78 is 0. The van der Waals surface area contributed by atoms with Crippen molar-refractivity contribution < 1.29 is 5.11 Å². The van der Waals surface area contributed by atoms with Gasteiger partial charge in [-0.05, 0) is 30.9 Å². The molecule has 2 unspecified atom stereocenters. The molecule has 1 aromatic rings. The lowest BCUT2D eigenvalue weighted by Crippen LogP contribution is -2.28. The monoisotopic (exact) mass is 221 g/mol. The van der Waals surface area contributed by atoms with Crippen LogP contribution in [-0.4, -0.2) is 24.3 Å². The van der Waals surface area contributed by atoms with Crippen molar-refractivity contribution in [3.63, 3.8) is 0 Å². The molecule has 0 bridgehead atoms. The summed E-state index contributed by atoms with van der Waals surface area (Å²) in [5.74, 6) is 0.416. The molecular formula is C14H23NO. The van der Waals surface area contributed by atoms with Gasteiger partial charge in [-0.2, -0.15) is 0 Å². The number of aliphatic hydroxyl groups excluding tert-OH is 1. The fraction of sp³-hybridized carbons (Fsp3) is 0.571. The van der Waals surface area contributed by atoms with E-state index < -0.39 is 0 Å². The highest BCUT2D eigenvalue weighted by molar-refractivity contribution is 5.18. The van der Waals surface area contributed by atoms with Gasteiger partial charge in [-0.3, -0.25) is 0 Å². The number of aliphatic hydroxyl groups is 1. The molecule has 0 aliphatic rings. The van der Waals surface area contributed by atoms with Crippen molar-refractivity contribution in [1.82, 2.24) is 5.32 Å². The van der Waals surface area contributed by atoms with Crippen LogP contribution in [0.25, 0.3) is 0 Å². The average Bonchev–Trinajstić information content (AvgIpc) is 2.30. The number of nitrogens with one attached hydrogen (secondary N) is 1. The highest BCUT2D eigenvalue weighted by Crippen LogP contribution is 2.19. The number of hydrogen-bond donors (Lipinski definition) is 2. The molecule has 1 aromatic carbocycles.